The van der Waals surface area contributed by atoms with Crippen molar-refractivity contribution in [2.24, 2.45) is 0 Å². The number of carboxylic acids is 1. The van der Waals surface area contributed by atoms with Crippen LogP contribution in [0.5, 0.6) is 5.75 Å². The molecule has 1 aromatic carbocycles. The van der Waals surface area contributed by atoms with Crippen LogP contribution in [-0.2, 0) is 9.53 Å². The van der Waals surface area contributed by atoms with Gasteiger partial charge in [-0.1, -0.05) is 6.07 Å². The van der Waals surface area contributed by atoms with E-state index in [2.05, 4.69) is 0 Å². The molecule has 0 bridgehead atoms. The average molecular weight is 325 g/mol. The van der Waals surface area contributed by atoms with Crippen LogP contribution in [0.3, 0.4) is 0 Å². The van der Waals surface area contributed by atoms with Crippen LogP contribution in [-0.4, -0.2) is 61.0 Å². The lowest BCUT2D eigenvalue weighted by molar-refractivity contribution is -0.149. The van der Waals surface area contributed by atoms with Crippen LogP contribution in [0.1, 0.15) is 23.2 Å². The van der Waals surface area contributed by atoms with Crippen LogP contribution in [0.2, 0.25) is 0 Å². The lowest BCUT2D eigenvalue weighted by Crippen LogP contribution is -2.38. The van der Waals surface area contributed by atoms with Gasteiger partial charge in [-0.15, -0.1) is 0 Å². The minimum Gasteiger partial charge on any atom is -0.493 e. The zero-order valence-corrected chi connectivity index (χ0v) is 13.0. The molecule has 1 aromatic rings. The van der Waals surface area contributed by atoms with Gasteiger partial charge in [0.2, 0.25) is 5.67 Å². The standard InChI is InChI=1S/C16H20FNO5/c1-22-8-3-9-23-13-5-2-4-12(10-13)14(19)18-7-6-16(17,11-18)15(20)21/h2,4-5,10H,3,6-9,11H2,1H3,(H,20,21). The minimum atomic E-state index is -2.36. The van der Waals surface area contributed by atoms with Crippen LogP contribution in [0.15, 0.2) is 24.3 Å². The lowest BCUT2D eigenvalue weighted by atomic mass is 10.1. The summed E-state index contributed by atoms with van der Waals surface area (Å²) in [6, 6.07) is 6.58. The highest BCUT2D eigenvalue weighted by molar-refractivity contribution is 5.95. The third-order valence-corrected chi connectivity index (χ3v) is 3.73. The van der Waals surface area contributed by atoms with Crippen molar-refractivity contribution in [1.82, 2.24) is 4.90 Å². The number of rotatable bonds is 7. The van der Waals surface area contributed by atoms with Gasteiger partial charge in [0.15, 0.2) is 0 Å². The van der Waals surface area contributed by atoms with Crippen molar-refractivity contribution < 1.29 is 28.6 Å². The van der Waals surface area contributed by atoms with Crippen molar-refractivity contribution in [2.45, 2.75) is 18.5 Å². The van der Waals surface area contributed by atoms with Crippen molar-refractivity contribution in [1.29, 1.82) is 0 Å². The first-order valence-corrected chi connectivity index (χ1v) is 7.40. The number of carbonyl (C=O) groups excluding carboxylic acids is 1. The number of amides is 1. The predicted octanol–water partition coefficient (Wildman–Crippen LogP) is 1.74. The highest BCUT2D eigenvalue weighted by Crippen LogP contribution is 2.27. The maximum Gasteiger partial charge on any atom is 0.343 e. The molecule has 0 saturated carbocycles. The van der Waals surface area contributed by atoms with E-state index in [0.717, 1.165) is 6.42 Å². The number of alkyl halides is 1. The summed E-state index contributed by atoms with van der Waals surface area (Å²) in [5.74, 6) is -1.38. The van der Waals surface area contributed by atoms with Crippen LogP contribution in [0.25, 0.3) is 0 Å². The Labute approximate surface area is 133 Å². The van der Waals surface area contributed by atoms with E-state index < -0.39 is 24.1 Å². The summed E-state index contributed by atoms with van der Waals surface area (Å²) in [7, 11) is 1.61. The summed E-state index contributed by atoms with van der Waals surface area (Å²) >= 11 is 0. The highest BCUT2D eigenvalue weighted by atomic mass is 19.1. The first-order chi connectivity index (χ1) is 11.0. The minimum absolute atomic E-state index is 0.0839. The summed E-state index contributed by atoms with van der Waals surface area (Å²) in [4.78, 5) is 24.5. The number of hydrogen-bond acceptors (Lipinski definition) is 4. The van der Waals surface area contributed by atoms with Gasteiger partial charge in [0, 0.05) is 38.7 Å². The molecule has 126 valence electrons. The van der Waals surface area contributed by atoms with Gasteiger partial charge < -0.3 is 19.5 Å². The molecule has 1 saturated heterocycles. The number of halogens is 1. The van der Waals surface area contributed by atoms with Crippen molar-refractivity contribution >= 4 is 11.9 Å². The van der Waals surface area contributed by atoms with Crippen LogP contribution >= 0.6 is 0 Å². The van der Waals surface area contributed by atoms with E-state index in [1.54, 1.807) is 31.4 Å². The highest BCUT2D eigenvalue weighted by Gasteiger charge is 2.46. The lowest BCUT2D eigenvalue weighted by Gasteiger charge is -2.18. The number of benzene rings is 1. The van der Waals surface area contributed by atoms with Crippen LogP contribution in [0.4, 0.5) is 4.39 Å². The fraction of sp³-hybridized carbons (Fsp3) is 0.500. The van der Waals surface area contributed by atoms with Gasteiger partial charge in [-0.2, -0.15) is 0 Å². The number of aliphatic carboxylic acids is 1. The largest absolute Gasteiger partial charge is 0.493 e. The molecule has 7 heteroatoms. The second kappa shape index (κ2) is 7.41. The molecule has 1 unspecified atom stereocenters. The van der Waals surface area contributed by atoms with E-state index in [0.29, 0.717) is 24.5 Å². The predicted molar refractivity (Wildman–Crippen MR) is 80.4 cm³/mol. The number of nitrogens with zero attached hydrogens (tertiary/aromatic N) is 1. The molecule has 23 heavy (non-hydrogen) atoms. The number of carboxylic acid groups (broad SMARTS) is 1. The zero-order chi connectivity index (χ0) is 16.9. The van der Waals surface area contributed by atoms with Crippen LogP contribution in [0, 0.1) is 0 Å². The van der Waals surface area contributed by atoms with Gasteiger partial charge in [0.05, 0.1) is 13.2 Å². The molecular weight excluding hydrogens is 305 g/mol. The summed E-state index contributed by atoms with van der Waals surface area (Å²) in [6.07, 6.45) is 0.533. The number of likely N-dealkylation sites (tertiary alicyclic amines) is 1. The summed E-state index contributed by atoms with van der Waals surface area (Å²) in [5.41, 5.74) is -2.01. The smallest absolute Gasteiger partial charge is 0.343 e. The Morgan fingerprint density at radius 3 is 2.83 bits per heavy atom. The Hall–Kier alpha value is -2.15. The van der Waals surface area contributed by atoms with Gasteiger partial charge in [-0.05, 0) is 18.2 Å². The number of carbonyl (C=O) groups is 2. The van der Waals surface area contributed by atoms with E-state index in [9.17, 15) is 14.0 Å². The topological polar surface area (TPSA) is 76.1 Å². The van der Waals surface area contributed by atoms with Crippen molar-refractivity contribution in [3.05, 3.63) is 29.8 Å². The second-order valence-corrected chi connectivity index (χ2v) is 5.47. The van der Waals surface area contributed by atoms with E-state index in [1.807, 2.05) is 0 Å². The molecule has 1 heterocycles. The van der Waals surface area contributed by atoms with Crippen molar-refractivity contribution in [3.8, 4) is 5.75 Å². The number of methoxy groups -OCH3 is 1. The SMILES string of the molecule is COCCCOc1cccc(C(=O)N2CCC(F)(C(=O)O)C2)c1. The Morgan fingerprint density at radius 2 is 2.17 bits per heavy atom. The molecule has 1 amide bonds. The molecular formula is C16H20FNO5. The van der Waals surface area contributed by atoms with Crippen molar-refractivity contribution in [3.63, 3.8) is 0 Å². The monoisotopic (exact) mass is 325 g/mol. The maximum atomic E-state index is 14.0. The third kappa shape index (κ3) is 4.19. The van der Waals surface area contributed by atoms with Gasteiger partial charge >= 0.3 is 5.97 Å². The summed E-state index contributed by atoms with van der Waals surface area (Å²) in [6.45, 7) is 0.697. The van der Waals surface area contributed by atoms with E-state index in [-0.39, 0.29) is 13.0 Å². The zero-order valence-electron chi connectivity index (χ0n) is 13.0. The molecule has 0 spiro atoms. The second-order valence-electron chi connectivity index (χ2n) is 5.47. The molecule has 1 aliphatic rings. The number of ether oxygens (including phenoxy) is 2. The first-order valence-electron chi connectivity index (χ1n) is 7.40. The average Bonchev–Trinajstić information content (AvgIpc) is 2.95. The molecule has 2 rings (SSSR count). The fourth-order valence-corrected chi connectivity index (χ4v) is 2.42. The van der Waals surface area contributed by atoms with Gasteiger partial charge in [-0.3, -0.25) is 4.79 Å². The van der Waals surface area contributed by atoms with Gasteiger partial charge in [-0.25, -0.2) is 9.18 Å². The molecule has 0 radical (unpaired) electrons. The van der Waals surface area contributed by atoms with Crippen molar-refractivity contribution in [2.75, 3.05) is 33.4 Å². The first kappa shape index (κ1) is 17.2. The molecule has 1 aliphatic heterocycles. The number of hydrogen-bond donors (Lipinski definition) is 1. The maximum absolute atomic E-state index is 14.0. The summed E-state index contributed by atoms with van der Waals surface area (Å²) < 4.78 is 24.5. The Bertz CT molecular complexity index is 579. The molecule has 1 atom stereocenters. The molecule has 0 aliphatic carbocycles. The molecule has 1 N–H and O–H groups in total. The Balaban J connectivity index is 1.99. The van der Waals surface area contributed by atoms with E-state index >= 15 is 0 Å². The molecule has 0 aromatic heterocycles. The molecule has 6 nitrogen and oxygen atoms in total. The summed E-state index contributed by atoms with van der Waals surface area (Å²) in [5, 5.41) is 8.88. The Morgan fingerprint density at radius 1 is 1.39 bits per heavy atom. The van der Waals surface area contributed by atoms with Gasteiger partial charge in [0.25, 0.3) is 5.91 Å². The van der Waals surface area contributed by atoms with E-state index in [4.69, 9.17) is 14.6 Å². The Kier molecular flexibility index (Phi) is 5.54. The third-order valence-electron chi connectivity index (χ3n) is 3.73. The molecule has 1 fully saturated rings. The quantitative estimate of drug-likeness (QED) is 0.773. The van der Waals surface area contributed by atoms with Crippen LogP contribution < -0.4 is 4.74 Å². The normalized spacial score (nSPS) is 20.5. The van der Waals surface area contributed by atoms with Gasteiger partial charge in [0.1, 0.15) is 5.75 Å². The fourth-order valence-electron chi connectivity index (χ4n) is 2.42. The van der Waals surface area contributed by atoms with E-state index in [1.165, 1.54) is 4.90 Å².